The lowest BCUT2D eigenvalue weighted by atomic mass is 9.88. The molecule has 0 aromatic rings. The maximum Gasteiger partial charge on any atom is 0.241 e. The van der Waals surface area contributed by atoms with Gasteiger partial charge in [-0.05, 0) is 31.2 Å². The lowest BCUT2D eigenvalue weighted by Gasteiger charge is -2.19. The first-order valence-electron chi connectivity index (χ1n) is 6.55. The Kier molecular flexibility index (Phi) is 8.37. The molecule has 106 valence electrons. The SMILES string of the molecule is CC(C)C(CCN)CCC(=O)NCC(=O)N(C)C. The second-order valence-electron chi connectivity index (χ2n) is 5.19. The van der Waals surface area contributed by atoms with E-state index in [1.807, 2.05) is 0 Å². The topological polar surface area (TPSA) is 75.4 Å². The summed E-state index contributed by atoms with van der Waals surface area (Å²) in [6.07, 6.45) is 2.24. The van der Waals surface area contributed by atoms with Gasteiger partial charge in [-0.1, -0.05) is 13.8 Å². The van der Waals surface area contributed by atoms with Crippen molar-refractivity contribution in [3.63, 3.8) is 0 Å². The molecule has 0 aliphatic rings. The Bertz CT molecular complexity index is 265. The third kappa shape index (κ3) is 7.27. The highest BCUT2D eigenvalue weighted by Gasteiger charge is 2.14. The van der Waals surface area contributed by atoms with Crippen LogP contribution in [0.3, 0.4) is 0 Å². The highest BCUT2D eigenvalue weighted by molar-refractivity contribution is 5.84. The number of hydrogen-bond acceptors (Lipinski definition) is 3. The predicted octanol–water partition coefficient (Wildman–Crippen LogP) is 0.592. The molecular weight excluding hydrogens is 230 g/mol. The molecule has 0 rings (SSSR count). The third-order valence-corrected chi connectivity index (χ3v) is 3.16. The molecule has 0 saturated carbocycles. The predicted molar refractivity (Wildman–Crippen MR) is 72.9 cm³/mol. The fourth-order valence-electron chi connectivity index (χ4n) is 1.76. The van der Waals surface area contributed by atoms with Crippen molar-refractivity contribution in [2.75, 3.05) is 27.2 Å². The average molecular weight is 257 g/mol. The van der Waals surface area contributed by atoms with Crippen molar-refractivity contribution < 1.29 is 9.59 Å². The van der Waals surface area contributed by atoms with E-state index in [0.29, 0.717) is 24.8 Å². The highest BCUT2D eigenvalue weighted by atomic mass is 16.2. The summed E-state index contributed by atoms with van der Waals surface area (Å²) >= 11 is 0. The summed E-state index contributed by atoms with van der Waals surface area (Å²) in [4.78, 5) is 24.3. The average Bonchev–Trinajstić information content (AvgIpc) is 2.30. The number of hydrogen-bond donors (Lipinski definition) is 2. The standard InChI is InChI=1S/C13H27N3O2/c1-10(2)11(7-8-14)5-6-12(17)15-9-13(18)16(3)4/h10-11H,5-9,14H2,1-4H3,(H,15,17). The Balaban J connectivity index is 3.91. The molecule has 0 aromatic carbocycles. The van der Waals surface area contributed by atoms with Gasteiger partial charge in [-0.3, -0.25) is 9.59 Å². The fourth-order valence-corrected chi connectivity index (χ4v) is 1.76. The quantitative estimate of drug-likeness (QED) is 0.668. The van der Waals surface area contributed by atoms with E-state index in [4.69, 9.17) is 5.73 Å². The molecule has 0 bridgehead atoms. The van der Waals surface area contributed by atoms with Crippen LogP contribution in [-0.2, 0) is 9.59 Å². The van der Waals surface area contributed by atoms with E-state index in [-0.39, 0.29) is 18.4 Å². The molecule has 0 aliphatic heterocycles. The minimum Gasteiger partial charge on any atom is -0.347 e. The number of carbonyl (C=O) groups is 2. The molecule has 18 heavy (non-hydrogen) atoms. The van der Waals surface area contributed by atoms with Gasteiger partial charge in [-0.25, -0.2) is 0 Å². The smallest absolute Gasteiger partial charge is 0.241 e. The Morgan fingerprint density at radius 1 is 1.22 bits per heavy atom. The number of carbonyl (C=O) groups excluding carboxylic acids is 2. The Morgan fingerprint density at radius 2 is 1.83 bits per heavy atom. The minimum absolute atomic E-state index is 0.0622. The van der Waals surface area contributed by atoms with Crippen LogP contribution in [0.2, 0.25) is 0 Å². The minimum atomic E-state index is -0.0919. The van der Waals surface area contributed by atoms with Crippen LogP contribution in [-0.4, -0.2) is 43.9 Å². The Morgan fingerprint density at radius 3 is 2.28 bits per heavy atom. The summed E-state index contributed by atoms with van der Waals surface area (Å²) in [6.45, 7) is 5.03. The second-order valence-corrected chi connectivity index (χ2v) is 5.19. The maximum absolute atomic E-state index is 11.6. The molecule has 0 heterocycles. The van der Waals surface area contributed by atoms with Crippen LogP contribution in [0.15, 0.2) is 0 Å². The van der Waals surface area contributed by atoms with E-state index in [2.05, 4.69) is 19.2 Å². The van der Waals surface area contributed by atoms with Crippen LogP contribution in [0, 0.1) is 11.8 Å². The number of nitrogens with one attached hydrogen (secondary N) is 1. The molecule has 5 heteroatoms. The largest absolute Gasteiger partial charge is 0.347 e. The van der Waals surface area contributed by atoms with Gasteiger partial charge in [-0.2, -0.15) is 0 Å². The summed E-state index contributed by atoms with van der Waals surface area (Å²) in [7, 11) is 3.34. The van der Waals surface area contributed by atoms with E-state index >= 15 is 0 Å². The monoisotopic (exact) mass is 257 g/mol. The van der Waals surface area contributed by atoms with Crippen molar-refractivity contribution in [3.05, 3.63) is 0 Å². The second kappa shape index (κ2) is 8.91. The Labute approximate surface area is 110 Å². The van der Waals surface area contributed by atoms with Crippen molar-refractivity contribution in [1.29, 1.82) is 0 Å². The zero-order valence-electron chi connectivity index (χ0n) is 12.0. The highest BCUT2D eigenvalue weighted by Crippen LogP contribution is 2.20. The summed E-state index contributed by atoms with van der Waals surface area (Å²) in [5.74, 6) is 0.855. The van der Waals surface area contributed by atoms with Gasteiger partial charge in [0.1, 0.15) is 0 Å². The third-order valence-electron chi connectivity index (χ3n) is 3.16. The van der Waals surface area contributed by atoms with Crippen molar-refractivity contribution >= 4 is 11.8 Å². The van der Waals surface area contributed by atoms with Gasteiger partial charge in [0, 0.05) is 20.5 Å². The van der Waals surface area contributed by atoms with E-state index in [1.165, 1.54) is 4.90 Å². The van der Waals surface area contributed by atoms with Crippen LogP contribution < -0.4 is 11.1 Å². The van der Waals surface area contributed by atoms with Crippen LogP contribution in [0.25, 0.3) is 0 Å². The van der Waals surface area contributed by atoms with Crippen molar-refractivity contribution in [3.8, 4) is 0 Å². The summed E-state index contributed by atoms with van der Waals surface area (Å²) in [5, 5.41) is 2.64. The molecule has 0 radical (unpaired) electrons. The molecule has 0 aromatic heterocycles. The lowest BCUT2D eigenvalue weighted by molar-refractivity contribution is -0.131. The molecule has 0 spiro atoms. The van der Waals surface area contributed by atoms with E-state index in [0.717, 1.165) is 12.8 Å². The summed E-state index contributed by atoms with van der Waals surface area (Å²) in [6, 6.07) is 0. The van der Waals surface area contributed by atoms with Crippen molar-refractivity contribution in [1.82, 2.24) is 10.2 Å². The maximum atomic E-state index is 11.6. The van der Waals surface area contributed by atoms with E-state index < -0.39 is 0 Å². The van der Waals surface area contributed by atoms with E-state index in [9.17, 15) is 9.59 Å². The van der Waals surface area contributed by atoms with Gasteiger partial charge in [0.15, 0.2) is 0 Å². The van der Waals surface area contributed by atoms with Gasteiger partial charge in [0.2, 0.25) is 11.8 Å². The number of nitrogens with two attached hydrogens (primary N) is 1. The lowest BCUT2D eigenvalue weighted by Crippen LogP contribution is -2.36. The van der Waals surface area contributed by atoms with Crippen molar-refractivity contribution in [2.45, 2.75) is 33.1 Å². The first kappa shape index (κ1) is 16.9. The normalized spacial score (nSPS) is 12.3. The molecule has 0 saturated heterocycles. The van der Waals surface area contributed by atoms with Crippen LogP contribution in [0.5, 0.6) is 0 Å². The first-order chi connectivity index (χ1) is 8.38. The van der Waals surface area contributed by atoms with Crippen LogP contribution in [0.1, 0.15) is 33.1 Å². The van der Waals surface area contributed by atoms with E-state index in [1.54, 1.807) is 14.1 Å². The number of rotatable bonds is 8. The van der Waals surface area contributed by atoms with Gasteiger partial charge >= 0.3 is 0 Å². The molecule has 0 aliphatic carbocycles. The van der Waals surface area contributed by atoms with Gasteiger partial charge in [0.25, 0.3) is 0 Å². The molecule has 2 amide bonds. The van der Waals surface area contributed by atoms with Gasteiger partial charge < -0.3 is 16.0 Å². The number of nitrogens with zero attached hydrogens (tertiary/aromatic N) is 1. The molecular formula is C13H27N3O2. The molecule has 1 atom stereocenters. The molecule has 3 N–H and O–H groups in total. The van der Waals surface area contributed by atoms with Crippen LogP contribution in [0.4, 0.5) is 0 Å². The van der Waals surface area contributed by atoms with Gasteiger partial charge in [0.05, 0.1) is 6.54 Å². The van der Waals surface area contributed by atoms with Crippen molar-refractivity contribution in [2.24, 2.45) is 17.6 Å². The fraction of sp³-hybridized carbons (Fsp3) is 0.846. The summed E-state index contributed by atoms with van der Waals surface area (Å²) < 4.78 is 0. The molecule has 0 fully saturated rings. The zero-order valence-corrected chi connectivity index (χ0v) is 12.0. The van der Waals surface area contributed by atoms with Crippen LogP contribution >= 0.6 is 0 Å². The van der Waals surface area contributed by atoms with Gasteiger partial charge in [-0.15, -0.1) is 0 Å². The number of amides is 2. The number of likely N-dealkylation sites (N-methyl/N-ethyl adjacent to an activating group) is 1. The zero-order chi connectivity index (χ0) is 14.1. The first-order valence-corrected chi connectivity index (χ1v) is 6.55. The summed E-state index contributed by atoms with van der Waals surface area (Å²) in [5.41, 5.74) is 5.55. The Hall–Kier alpha value is -1.10. The molecule has 5 nitrogen and oxygen atoms in total. The molecule has 1 unspecified atom stereocenters.